The fourth-order valence-corrected chi connectivity index (χ4v) is 2.89. The minimum atomic E-state index is -5.05. The molecule has 0 fully saturated rings. The predicted molar refractivity (Wildman–Crippen MR) is 99.1 cm³/mol. The van der Waals surface area contributed by atoms with Gasteiger partial charge in [-0.25, -0.2) is 4.79 Å². The molecule has 33 heavy (non-hydrogen) atoms. The Morgan fingerprint density at radius 1 is 1.09 bits per heavy atom. The van der Waals surface area contributed by atoms with Gasteiger partial charge in [0, 0.05) is 25.7 Å². The molecule has 0 saturated carbocycles. The lowest BCUT2D eigenvalue weighted by atomic mass is 9.97. The Hall–Kier alpha value is -2.96. The standard InChI is InChI=1S/C20H20F6O7/c1-3-11-7-13(33-20(24,25)26)8-12-9-14(17(19(21,22)23)32-16(11)12)18(28)31-10-30-15(27)5-4-6-29-2/h7-9,17H,3-6,10H2,1-2H3/t17-/m0/s1. The van der Waals surface area contributed by atoms with Crippen LogP contribution in [0.1, 0.15) is 30.9 Å². The first kappa shape index (κ1) is 26.3. The smallest absolute Gasteiger partial charge is 0.475 e. The minimum absolute atomic E-state index is 0.00894. The minimum Gasteiger partial charge on any atom is -0.475 e. The van der Waals surface area contributed by atoms with Crippen molar-refractivity contribution in [1.29, 1.82) is 0 Å². The average molecular weight is 486 g/mol. The molecule has 1 aromatic rings. The van der Waals surface area contributed by atoms with E-state index in [4.69, 9.17) is 9.47 Å². The zero-order chi connectivity index (χ0) is 24.8. The third-order valence-corrected chi connectivity index (χ3v) is 4.28. The van der Waals surface area contributed by atoms with Gasteiger partial charge in [0.1, 0.15) is 11.5 Å². The molecule has 0 amide bonds. The van der Waals surface area contributed by atoms with Crippen molar-refractivity contribution in [2.75, 3.05) is 20.5 Å². The van der Waals surface area contributed by atoms with E-state index in [0.717, 1.165) is 12.1 Å². The molecule has 1 aliphatic rings. The molecular weight excluding hydrogens is 466 g/mol. The van der Waals surface area contributed by atoms with E-state index in [-0.39, 0.29) is 36.3 Å². The van der Waals surface area contributed by atoms with Gasteiger partial charge in [-0.2, -0.15) is 13.2 Å². The van der Waals surface area contributed by atoms with Crippen LogP contribution in [0.25, 0.3) is 6.08 Å². The summed E-state index contributed by atoms with van der Waals surface area (Å²) < 4.78 is 101. The van der Waals surface area contributed by atoms with Crippen LogP contribution in [0.2, 0.25) is 0 Å². The van der Waals surface area contributed by atoms with Gasteiger partial charge in [-0.15, -0.1) is 13.2 Å². The van der Waals surface area contributed by atoms with Gasteiger partial charge in [-0.3, -0.25) is 4.79 Å². The monoisotopic (exact) mass is 486 g/mol. The van der Waals surface area contributed by atoms with Gasteiger partial charge in [0.2, 0.25) is 12.9 Å². The summed E-state index contributed by atoms with van der Waals surface area (Å²) in [6.45, 7) is 0.801. The second-order valence-corrected chi connectivity index (χ2v) is 6.70. The molecule has 13 heteroatoms. The van der Waals surface area contributed by atoms with Crippen molar-refractivity contribution < 1.29 is 59.6 Å². The summed E-state index contributed by atoms with van der Waals surface area (Å²) in [5.74, 6) is -3.32. The van der Waals surface area contributed by atoms with Crippen molar-refractivity contribution in [2.24, 2.45) is 0 Å². The number of fused-ring (bicyclic) bond motifs is 1. The van der Waals surface area contributed by atoms with Gasteiger partial charge < -0.3 is 23.7 Å². The molecule has 7 nitrogen and oxygen atoms in total. The summed E-state index contributed by atoms with van der Waals surface area (Å²) >= 11 is 0. The maximum atomic E-state index is 13.6. The quantitative estimate of drug-likeness (QED) is 0.223. The van der Waals surface area contributed by atoms with E-state index in [1.807, 2.05) is 0 Å². The second-order valence-electron chi connectivity index (χ2n) is 6.70. The maximum Gasteiger partial charge on any atom is 0.573 e. The van der Waals surface area contributed by atoms with E-state index >= 15 is 0 Å². The van der Waals surface area contributed by atoms with Crippen molar-refractivity contribution in [1.82, 2.24) is 0 Å². The number of carbonyl (C=O) groups is 2. The SMILES string of the molecule is CCc1cc(OC(F)(F)F)cc2c1O[C@H](C(F)(F)F)C(C(=O)OCOC(=O)CCCOC)=C2. The van der Waals surface area contributed by atoms with E-state index in [1.165, 1.54) is 14.0 Å². The van der Waals surface area contributed by atoms with Gasteiger partial charge in [0.15, 0.2) is 0 Å². The molecule has 2 rings (SSSR count). The molecule has 184 valence electrons. The predicted octanol–water partition coefficient (Wildman–Crippen LogP) is 4.32. The molecular formula is C20H20F6O7. The molecule has 0 radical (unpaired) electrons. The van der Waals surface area contributed by atoms with Crippen molar-refractivity contribution in [3.63, 3.8) is 0 Å². The first-order chi connectivity index (χ1) is 15.4. The zero-order valence-corrected chi connectivity index (χ0v) is 17.5. The van der Waals surface area contributed by atoms with Crippen LogP contribution in [0, 0.1) is 0 Å². The van der Waals surface area contributed by atoms with Gasteiger partial charge >= 0.3 is 24.5 Å². The first-order valence-electron chi connectivity index (χ1n) is 9.55. The number of esters is 2. The van der Waals surface area contributed by atoms with E-state index < -0.39 is 48.7 Å². The summed E-state index contributed by atoms with van der Waals surface area (Å²) in [4.78, 5) is 23.8. The summed E-state index contributed by atoms with van der Waals surface area (Å²) in [6.07, 6.45) is -11.9. The Labute approximate surface area is 184 Å². The Morgan fingerprint density at radius 2 is 1.79 bits per heavy atom. The highest BCUT2D eigenvalue weighted by atomic mass is 19.4. The highest BCUT2D eigenvalue weighted by molar-refractivity contribution is 5.96. The number of aryl methyl sites for hydroxylation is 1. The van der Waals surface area contributed by atoms with Crippen LogP contribution in [0.5, 0.6) is 11.5 Å². The summed E-state index contributed by atoms with van der Waals surface area (Å²) in [7, 11) is 1.42. The number of alkyl halides is 6. The Bertz CT molecular complexity index is 892. The lowest BCUT2D eigenvalue weighted by molar-refractivity contribution is -0.274. The summed E-state index contributed by atoms with van der Waals surface area (Å²) in [5.41, 5.74) is -1.26. The fourth-order valence-electron chi connectivity index (χ4n) is 2.89. The number of methoxy groups -OCH3 is 1. The molecule has 0 unspecified atom stereocenters. The number of ether oxygens (including phenoxy) is 5. The topological polar surface area (TPSA) is 80.3 Å². The molecule has 0 aromatic heterocycles. The van der Waals surface area contributed by atoms with E-state index in [1.54, 1.807) is 0 Å². The van der Waals surface area contributed by atoms with E-state index in [2.05, 4.69) is 14.2 Å². The molecule has 0 spiro atoms. The lowest BCUT2D eigenvalue weighted by Gasteiger charge is -2.29. The molecule has 0 aliphatic carbocycles. The van der Waals surface area contributed by atoms with Crippen molar-refractivity contribution in [3.8, 4) is 11.5 Å². The first-order valence-corrected chi connectivity index (χ1v) is 9.55. The van der Waals surface area contributed by atoms with Crippen molar-refractivity contribution in [3.05, 3.63) is 28.8 Å². The molecule has 1 aliphatic heterocycles. The van der Waals surface area contributed by atoms with Gasteiger partial charge in [0.05, 0.1) is 5.57 Å². The molecule has 1 aromatic carbocycles. The largest absolute Gasteiger partial charge is 0.573 e. The zero-order valence-electron chi connectivity index (χ0n) is 17.5. The molecule has 1 heterocycles. The van der Waals surface area contributed by atoms with Gasteiger partial charge in [-0.1, -0.05) is 6.92 Å². The third-order valence-electron chi connectivity index (χ3n) is 4.28. The van der Waals surface area contributed by atoms with Crippen LogP contribution < -0.4 is 9.47 Å². The fraction of sp³-hybridized carbons (Fsp3) is 0.500. The molecule has 0 saturated heterocycles. The van der Waals surface area contributed by atoms with Crippen LogP contribution >= 0.6 is 0 Å². The van der Waals surface area contributed by atoms with Crippen LogP contribution in [-0.2, 0) is 30.2 Å². The Morgan fingerprint density at radius 3 is 2.36 bits per heavy atom. The second kappa shape index (κ2) is 10.8. The van der Waals surface area contributed by atoms with Crippen molar-refractivity contribution in [2.45, 2.75) is 44.8 Å². The summed E-state index contributed by atoms with van der Waals surface area (Å²) in [6, 6.07) is 1.69. The van der Waals surface area contributed by atoms with Crippen LogP contribution in [0.4, 0.5) is 26.3 Å². The average Bonchev–Trinajstić information content (AvgIpc) is 2.70. The number of benzene rings is 1. The van der Waals surface area contributed by atoms with Crippen LogP contribution in [0.3, 0.4) is 0 Å². The van der Waals surface area contributed by atoms with Crippen LogP contribution in [0.15, 0.2) is 17.7 Å². The highest BCUT2D eigenvalue weighted by Crippen LogP contribution is 2.42. The summed E-state index contributed by atoms with van der Waals surface area (Å²) in [5, 5.41) is 0. The molecule has 0 N–H and O–H groups in total. The molecule has 1 atom stereocenters. The highest BCUT2D eigenvalue weighted by Gasteiger charge is 2.49. The lowest BCUT2D eigenvalue weighted by Crippen LogP contribution is -2.41. The number of halogens is 6. The van der Waals surface area contributed by atoms with E-state index in [0.29, 0.717) is 12.5 Å². The number of rotatable bonds is 9. The maximum absolute atomic E-state index is 13.6. The number of hydrogen-bond acceptors (Lipinski definition) is 7. The van der Waals surface area contributed by atoms with Gasteiger partial charge in [-0.05, 0) is 36.6 Å². The van der Waals surface area contributed by atoms with E-state index in [9.17, 15) is 35.9 Å². The Kier molecular flexibility index (Phi) is 8.58. The van der Waals surface area contributed by atoms with Crippen molar-refractivity contribution >= 4 is 18.0 Å². The van der Waals surface area contributed by atoms with Gasteiger partial charge in [0.25, 0.3) is 0 Å². The Balaban J connectivity index is 2.27. The van der Waals surface area contributed by atoms with Crippen LogP contribution in [-0.4, -0.2) is 51.1 Å². The normalized spacial score (nSPS) is 15.8. The number of carbonyl (C=O) groups excluding carboxylic acids is 2. The molecule has 0 bridgehead atoms. The number of hydrogen-bond donors (Lipinski definition) is 0. The third kappa shape index (κ3) is 7.55.